The Labute approximate surface area is 139 Å². The molecule has 1 aromatic heterocycles. The molecule has 8 heteroatoms. The van der Waals surface area contributed by atoms with E-state index in [0.29, 0.717) is 19.4 Å². The molecule has 1 N–H and O–H groups in total. The summed E-state index contributed by atoms with van der Waals surface area (Å²) in [5, 5.41) is 6.85. The van der Waals surface area contributed by atoms with Crippen LogP contribution < -0.4 is 5.32 Å². The molecule has 1 aliphatic heterocycles. The van der Waals surface area contributed by atoms with Gasteiger partial charge in [-0.25, -0.2) is 12.8 Å². The van der Waals surface area contributed by atoms with E-state index in [2.05, 4.69) is 10.4 Å². The van der Waals surface area contributed by atoms with Crippen molar-refractivity contribution in [3.8, 4) is 0 Å². The van der Waals surface area contributed by atoms with Crippen molar-refractivity contribution in [1.29, 1.82) is 0 Å². The van der Waals surface area contributed by atoms with E-state index in [1.807, 2.05) is 10.7 Å². The predicted octanol–water partition coefficient (Wildman–Crippen LogP) is 1.17. The van der Waals surface area contributed by atoms with Crippen LogP contribution in [0.15, 0.2) is 41.4 Å². The van der Waals surface area contributed by atoms with Gasteiger partial charge in [-0.2, -0.15) is 5.10 Å². The summed E-state index contributed by atoms with van der Waals surface area (Å²) in [7, 11) is -3.54. The lowest BCUT2D eigenvalue weighted by atomic mass is 9.95. The van der Waals surface area contributed by atoms with Gasteiger partial charge in [0.15, 0.2) is 9.84 Å². The Balaban J connectivity index is 1.53. The van der Waals surface area contributed by atoms with Crippen molar-refractivity contribution in [3.63, 3.8) is 0 Å². The molecule has 24 heavy (non-hydrogen) atoms. The van der Waals surface area contributed by atoms with Crippen LogP contribution in [-0.2, 0) is 27.6 Å². The average Bonchev–Trinajstić information content (AvgIpc) is 3.02. The van der Waals surface area contributed by atoms with Crippen molar-refractivity contribution < 1.29 is 17.6 Å². The minimum absolute atomic E-state index is 0.0360. The van der Waals surface area contributed by atoms with Gasteiger partial charge in [-0.1, -0.05) is 0 Å². The SMILES string of the molecule is O=C(NCCS(=O)(=O)c1ccc(F)cc1)C1CCn2nccc2C1. The number of nitrogens with zero attached hydrogens (tertiary/aromatic N) is 2. The van der Waals surface area contributed by atoms with Crippen LogP contribution in [0.4, 0.5) is 4.39 Å². The zero-order valence-corrected chi connectivity index (χ0v) is 13.8. The Morgan fingerprint density at radius 2 is 2.04 bits per heavy atom. The Morgan fingerprint density at radius 3 is 2.79 bits per heavy atom. The molecule has 2 heterocycles. The highest BCUT2D eigenvalue weighted by Crippen LogP contribution is 2.19. The first kappa shape index (κ1) is 16.6. The second-order valence-electron chi connectivity index (χ2n) is 5.80. The summed E-state index contributed by atoms with van der Waals surface area (Å²) < 4.78 is 39.0. The molecule has 2 aromatic rings. The number of hydrogen-bond acceptors (Lipinski definition) is 4. The van der Waals surface area contributed by atoms with Gasteiger partial charge in [-0.3, -0.25) is 9.48 Å². The summed E-state index contributed by atoms with van der Waals surface area (Å²) >= 11 is 0. The highest BCUT2D eigenvalue weighted by Gasteiger charge is 2.25. The van der Waals surface area contributed by atoms with Gasteiger partial charge in [0.2, 0.25) is 5.91 Å². The lowest BCUT2D eigenvalue weighted by Crippen LogP contribution is -2.37. The number of nitrogens with one attached hydrogen (secondary N) is 1. The predicted molar refractivity (Wildman–Crippen MR) is 85.5 cm³/mol. The summed E-state index contributed by atoms with van der Waals surface area (Å²) in [5.74, 6) is -1.01. The molecule has 128 valence electrons. The maximum Gasteiger partial charge on any atom is 0.223 e. The largest absolute Gasteiger partial charge is 0.355 e. The third-order valence-electron chi connectivity index (χ3n) is 4.16. The molecule has 0 bridgehead atoms. The first-order valence-corrected chi connectivity index (χ1v) is 9.38. The molecular weight excluding hydrogens is 333 g/mol. The van der Waals surface area contributed by atoms with E-state index in [0.717, 1.165) is 17.8 Å². The molecule has 0 saturated heterocycles. The number of sulfone groups is 1. The Hall–Kier alpha value is -2.22. The molecule has 1 amide bonds. The Bertz CT molecular complexity index is 831. The number of halogens is 1. The zero-order chi connectivity index (χ0) is 17.2. The van der Waals surface area contributed by atoms with Gasteiger partial charge in [0.1, 0.15) is 5.82 Å². The number of aryl methyl sites for hydroxylation is 1. The molecular formula is C16H18FN3O3S. The van der Waals surface area contributed by atoms with Gasteiger partial charge in [-0.05, 0) is 36.8 Å². The van der Waals surface area contributed by atoms with Gasteiger partial charge >= 0.3 is 0 Å². The van der Waals surface area contributed by atoms with Crippen molar-refractivity contribution in [3.05, 3.63) is 48.0 Å². The van der Waals surface area contributed by atoms with Crippen LogP contribution in [0.3, 0.4) is 0 Å². The van der Waals surface area contributed by atoms with Crippen molar-refractivity contribution in [1.82, 2.24) is 15.1 Å². The fourth-order valence-corrected chi connectivity index (χ4v) is 3.96. The number of carbonyl (C=O) groups excluding carboxylic acids is 1. The fraction of sp³-hybridized carbons (Fsp3) is 0.375. The van der Waals surface area contributed by atoms with Crippen LogP contribution >= 0.6 is 0 Å². The molecule has 0 saturated carbocycles. The van der Waals surface area contributed by atoms with Gasteiger partial charge in [-0.15, -0.1) is 0 Å². The molecule has 1 aromatic carbocycles. The van der Waals surface area contributed by atoms with Crippen LogP contribution in [0.5, 0.6) is 0 Å². The number of aromatic nitrogens is 2. The minimum atomic E-state index is -3.54. The maximum absolute atomic E-state index is 12.9. The molecule has 6 nitrogen and oxygen atoms in total. The summed E-state index contributed by atoms with van der Waals surface area (Å²) in [4.78, 5) is 12.3. The molecule has 3 rings (SSSR count). The maximum atomic E-state index is 12.9. The first-order valence-electron chi connectivity index (χ1n) is 7.72. The van der Waals surface area contributed by atoms with E-state index < -0.39 is 15.7 Å². The standard InChI is InChI=1S/C16H18FN3O3S/c17-13-1-3-15(4-2-13)24(22,23)10-8-18-16(21)12-6-9-20-14(11-12)5-7-19-20/h1-5,7,12H,6,8-11H2,(H,18,21). The quantitative estimate of drug-likeness (QED) is 0.820. The van der Waals surface area contributed by atoms with Crippen LogP contribution in [0.25, 0.3) is 0 Å². The number of fused-ring (bicyclic) bond motifs is 1. The number of rotatable bonds is 5. The van der Waals surface area contributed by atoms with Crippen molar-refractivity contribution in [2.24, 2.45) is 5.92 Å². The van der Waals surface area contributed by atoms with Crippen LogP contribution in [0, 0.1) is 11.7 Å². The highest BCUT2D eigenvalue weighted by molar-refractivity contribution is 7.91. The van der Waals surface area contributed by atoms with Gasteiger partial charge < -0.3 is 5.32 Å². The second-order valence-corrected chi connectivity index (χ2v) is 7.91. The van der Waals surface area contributed by atoms with E-state index in [4.69, 9.17) is 0 Å². The van der Waals surface area contributed by atoms with E-state index >= 15 is 0 Å². The summed E-state index contributed by atoms with van der Waals surface area (Å²) in [6, 6.07) is 6.56. The van der Waals surface area contributed by atoms with E-state index in [9.17, 15) is 17.6 Å². The third-order valence-corrected chi connectivity index (χ3v) is 5.89. The minimum Gasteiger partial charge on any atom is -0.355 e. The average molecular weight is 351 g/mol. The van der Waals surface area contributed by atoms with E-state index in [1.165, 1.54) is 12.1 Å². The molecule has 1 unspecified atom stereocenters. The number of hydrogen-bond donors (Lipinski definition) is 1. The van der Waals surface area contributed by atoms with Gasteiger partial charge in [0.25, 0.3) is 0 Å². The van der Waals surface area contributed by atoms with Crippen LogP contribution in [0.2, 0.25) is 0 Å². The zero-order valence-electron chi connectivity index (χ0n) is 13.0. The molecule has 0 aliphatic carbocycles. The van der Waals surface area contributed by atoms with Crippen molar-refractivity contribution >= 4 is 15.7 Å². The normalized spacial score (nSPS) is 17.3. The molecule has 0 fully saturated rings. The summed E-state index contributed by atoms with van der Waals surface area (Å²) in [6.45, 7) is 0.725. The highest BCUT2D eigenvalue weighted by atomic mass is 32.2. The topological polar surface area (TPSA) is 81.1 Å². The molecule has 0 radical (unpaired) electrons. The summed E-state index contributed by atoms with van der Waals surface area (Å²) in [6.07, 6.45) is 3.01. The fourth-order valence-electron chi connectivity index (χ4n) is 2.80. The molecule has 1 atom stereocenters. The molecule has 1 aliphatic rings. The monoisotopic (exact) mass is 351 g/mol. The number of benzene rings is 1. The van der Waals surface area contributed by atoms with Gasteiger partial charge in [0.05, 0.1) is 10.6 Å². The lowest BCUT2D eigenvalue weighted by Gasteiger charge is -2.22. The van der Waals surface area contributed by atoms with Crippen molar-refractivity contribution in [2.45, 2.75) is 24.3 Å². The molecule has 0 spiro atoms. The van der Waals surface area contributed by atoms with E-state index in [-0.39, 0.29) is 29.0 Å². The van der Waals surface area contributed by atoms with Crippen LogP contribution in [0.1, 0.15) is 12.1 Å². The number of amides is 1. The van der Waals surface area contributed by atoms with E-state index in [1.54, 1.807) is 6.20 Å². The smallest absolute Gasteiger partial charge is 0.223 e. The number of carbonyl (C=O) groups is 1. The summed E-state index contributed by atoms with van der Waals surface area (Å²) in [5.41, 5.74) is 1.01. The Kier molecular flexibility index (Phi) is 4.66. The van der Waals surface area contributed by atoms with Gasteiger partial charge in [0, 0.05) is 37.3 Å². The third kappa shape index (κ3) is 3.64. The van der Waals surface area contributed by atoms with Crippen molar-refractivity contribution in [2.75, 3.05) is 12.3 Å². The Morgan fingerprint density at radius 1 is 1.29 bits per heavy atom. The second kappa shape index (κ2) is 6.72. The lowest BCUT2D eigenvalue weighted by molar-refractivity contribution is -0.125. The first-order chi connectivity index (χ1) is 11.5. The van der Waals surface area contributed by atoms with Crippen LogP contribution in [-0.4, -0.2) is 36.4 Å².